The van der Waals surface area contributed by atoms with Crippen LogP contribution in [0.1, 0.15) is 5.69 Å². The number of aromatic nitrogens is 2. The first-order chi connectivity index (χ1) is 9.22. The lowest BCUT2D eigenvalue weighted by Crippen LogP contribution is -2.45. The minimum absolute atomic E-state index is 0.716. The Kier molecular flexibility index (Phi) is 3.73. The molecule has 3 heterocycles. The molecule has 1 aliphatic heterocycles. The predicted octanol–water partition coefficient (Wildman–Crippen LogP) is 1.78. The molecule has 0 N–H and O–H groups in total. The third-order valence-corrected chi connectivity index (χ3v) is 4.06. The zero-order valence-corrected chi connectivity index (χ0v) is 12.0. The molecule has 5 heteroatoms. The molecule has 0 unspecified atom stereocenters. The Labute approximate surface area is 118 Å². The van der Waals surface area contributed by atoms with Crippen molar-refractivity contribution in [3.05, 3.63) is 35.2 Å². The number of hydrogen-bond donors (Lipinski definition) is 0. The van der Waals surface area contributed by atoms with Crippen LogP contribution in [0.2, 0.25) is 5.02 Å². The quantitative estimate of drug-likeness (QED) is 0.855. The molecule has 0 radical (unpaired) electrons. The van der Waals surface area contributed by atoms with Crippen molar-refractivity contribution in [1.29, 1.82) is 0 Å². The van der Waals surface area contributed by atoms with Gasteiger partial charge in [0, 0.05) is 51.5 Å². The smallest absolute Gasteiger partial charge is 0.155 e. The van der Waals surface area contributed by atoms with E-state index in [2.05, 4.69) is 28.0 Å². The SMILES string of the molecule is CN1CCN(CCc2cn3cccc(Cl)c3n2)CC1. The highest BCUT2D eigenvalue weighted by molar-refractivity contribution is 6.33. The summed E-state index contributed by atoms with van der Waals surface area (Å²) in [7, 11) is 2.18. The number of likely N-dealkylation sites (N-methyl/N-ethyl adjacent to an activating group) is 1. The van der Waals surface area contributed by atoms with Gasteiger partial charge in [0.15, 0.2) is 5.65 Å². The topological polar surface area (TPSA) is 23.8 Å². The summed E-state index contributed by atoms with van der Waals surface area (Å²) in [5.41, 5.74) is 1.98. The number of fused-ring (bicyclic) bond motifs is 1. The average Bonchev–Trinajstić information content (AvgIpc) is 2.83. The predicted molar refractivity (Wildman–Crippen MR) is 77.8 cm³/mol. The molecule has 1 aliphatic rings. The third-order valence-electron chi connectivity index (χ3n) is 3.77. The number of rotatable bonds is 3. The van der Waals surface area contributed by atoms with Crippen molar-refractivity contribution in [1.82, 2.24) is 19.2 Å². The zero-order valence-electron chi connectivity index (χ0n) is 11.2. The van der Waals surface area contributed by atoms with Crippen molar-refractivity contribution in [2.24, 2.45) is 0 Å². The maximum atomic E-state index is 6.14. The molecule has 1 saturated heterocycles. The van der Waals surface area contributed by atoms with E-state index in [-0.39, 0.29) is 0 Å². The van der Waals surface area contributed by atoms with Crippen LogP contribution in [-0.4, -0.2) is 59.0 Å². The first kappa shape index (κ1) is 12.9. The highest BCUT2D eigenvalue weighted by Crippen LogP contribution is 2.16. The molecule has 4 nitrogen and oxygen atoms in total. The molecular weight excluding hydrogens is 260 g/mol. The van der Waals surface area contributed by atoms with Gasteiger partial charge in [-0.3, -0.25) is 0 Å². The van der Waals surface area contributed by atoms with Gasteiger partial charge in [-0.25, -0.2) is 4.98 Å². The van der Waals surface area contributed by atoms with Gasteiger partial charge in [0.1, 0.15) is 0 Å². The summed E-state index contributed by atoms with van der Waals surface area (Å²) in [5, 5.41) is 0.716. The van der Waals surface area contributed by atoms with Crippen molar-refractivity contribution in [3.8, 4) is 0 Å². The molecule has 102 valence electrons. The van der Waals surface area contributed by atoms with Crippen molar-refractivity contribution in [2.45, 2.75) is 6.42 Å². The molecule has 19 heavy (non-hydrogen) atoms. The van der Waals surface area contributed by atoms with Gasteiger partial charge >= 0.3 is 0 Å². The van der Waals surface area contributed by atoms with Crippen LogP contribution in [-0.2, 0) is 6.42 Å². The fourth-order valence-corrected chi connectivity index (χ4v) is 2.71. The molecule has 0 bridgehead atoms. The van der Waals surface area contributed by atoms with Crippen molar-refractivity contribution in [3.63, 3.8) is 0 Å². The third kappa shape index (κ3) is 2.91. The number of pyridine rings is 1. The monoisotopic (exact) mass is 278 g/mol. The fourth-order valence-electron chi connectivity index (χ4n) is 2.49. The lowest BCUT2D eigenvalue weighted by atomic mass is 10.2. The fraction of sp³-hybridized carbons (Fsp3) is 0.500. The van der Waals surface area contributed by atoms with Crippen LogP contribution in [0.15, 0.2) is 24.5 Å². The number of piperazine rings is 1. The van der Waals surface area contributed by atoms with E-state index < -0.39 is 0 Å². The molecular formula is C14H19ClN4. The Balaban J connectivity index is 1.64. The minimum Gasteiger partial charge on any atom is -0.306 e. The number of halogens is 1. The molecule has 0 saturated carbocycles. The van der Waals surface area contributed by atoms with E-state index in [1.54, 1.807) is 0 Å². The first-order valence-electron chi connectivity index (χ1n) is 6.75. The Morgan fingerprint density at radius 2 is 2.05 bits per heavy atom. The van der Waals surface area contributed by atoms with Crippen LogP contribution >= 0.6 is 11.6 Å². The van der Waals surface area contributed by atoms with Gasteiger partial charge in [0.2, 0.25) is 0 Å². The van der Waals surface area contributed by atoms with Crippen molar-refractivity contribution < 1.29 is 0 Å². The number of hydrogen-bond acceptors (Lipinski definition) is 3. The summed E-state index contributed by atoms with van der Waals surface area (Å²) in [6, 6.07) is 3.83. The maximum absolute atomic E-state index is 6.14. The second-order valence-corrected chi connectivity index (χ2v) is 5.62. The van der Waals surface area contributed by atoms with Crippen LogP contribution in [0.3, 0.4) is 0 Å². The molecule has 2 aromatic heterocycles. The molecule has 0 spiro atoms. The van der Waals surface area contributed by atoms with Crippen LogP contribution in [0.5, 0.6) is 0 Å². The summed E-state index contributed by atoms with van der Waals surface area (Å²) >= 11 is 6.14. The minimum atomic E-state index is 0.716. The number of nitrogens with zero attached hydrogens (tertiary/aromatic N) is 4. The van der Waals surface area contributed by atoms with Crippen LogP contribution < -0.4 is 0 Å². The lowest BCUT2D eigenvalue weighted by molar-refractivity contribution is 0.155. The summed E-state index contributed by atoms with van der Waals surface area (Å²) in [5.74, 6) is 0. The Morgan fingerprint density at radius 1 is 1.26 bits per heavy atom. The highest BCUT2D eigenvalue weighted by Gasteiger charge is 2.14. The normalized spacial score (nSPS) is 18.2. The van der Waals surface area contributed by atoms with Crippen molar-refractivity contribution in [2.75, 3.05) is 39.8 Å². The van der Waals surface area contributed by atoms with E-state index in [0.29, 0.717) is 5.02 Å². The first-order valence-corrected chi connectivity index (χ1v) is 7.13. The Bertz CT molecular complexity index is 558. The van der Waals surface area contributed by atoms with Gasteiger partial charge < -0.3 is 14.2 Å². The molecule has 0 aromatic carbocycles. The Hall–Kier alpha value is -1.10. The van der Waals surface area contributed by atoms with Gasteiger partial charge in [0.05, 0.1) is 10.7 Å². The second-order valence-electron chi connectivity index (χ2n) is 5.21. The molecule has 0 aliphatic carbocycles. The van der Waals surface area contributed by atoms with Crippen LogP contribution in [0.25, 0.3) is 5.65 Å². The van der Waals surface area contributed by atoms with Gasteiger partial charge in [-0.2, -0.15) is 0 Å². The van der Waals surface area contributed by atoms with Crippen LogP contribution in [0.4, 0.5) is 0 Å². The Morgan fingerprint density at radius 3 is 2.79 bits per heavy atom. The van der Waals surface area contributed by atoms with Gasteiger partial charge in [-0.15, -0.1) is 0 Å². The lowest BCUT2D eigenvalue weighted by Gasteiger charge is -2.32. The summed E-state index contributed by atoms with van der Waals surface area (Å²) in [6.45, 7) is 5.72. The van der Waals surface area contributed by atoms with Crippen molar-refractivity contribution >= 4 is 17.2 Å². The summed E-state index contributed by atoms with van der Waals surface area (Å²) in [6.07, 6.45) is 5.06. The summed E-state index contributed by atoms with van der Waals surface area (Å²) < 4.78 is 2.00. The van der Waals surface area contributed by atoms with E-state index in [0.717, 1.165) is 50.5 Å². The van der Waals surface area contributed by atoms with E-state index >= 15 is 0 Å². The standard InChI is InChI=1S/C14H19ClN4/c1-17-7-9-18(10-8-17)6-4-12-11-19-5-2-3-13(15)14(19)16-12/h2-3,5,11H,4,6-10H2,1H3. The highest BCUT2D eigenvalue weighted by atomic mass is 35.5. The maximum Gasteiger partial charge on any atom is 0.155 e. The molecule has 1 fully saturated rings. The average molecular weight is 279 g/mol. The molecule has 0 atom stereocenters. The van der Waals surface area contributed by atoms with Gasteiger partial charge in [0.25, 0.3) is 0 Å². The molecule has 2 aromatic rings. The number of imidazole rings is 1. The van der Waals surface area contributed by atoms with E-state index in [4.69, 9.17) is 11.6 Å². The zero-order chi connectivity index (χ0) is 13.2. The summed E-state index contributed by atoms with van der Waals surface area (Å²) in [4.78, 5) is 9.49. The van der Waals surface area contributed by atoms with E-state index in [9.17, 15) is 0 Å². The van der Waals surface area contributed by atoms with Gasteiger partial charge in [-0.1, -0.05) is 11.6 Å². The molecule has 0 amide bonds. The van der Waals surface area contributed by atoms with E-state index in [1.165, 1.54) is 0 Å². The van der Waals surface area contributed by atoms with Crippen LogP contribution in [0, 0.1) is 0 Å². The second kappa shape index (κ2) is 5.49. The largest absolute Gasteiger partial charge is 0.306 e. The van der Waals surface area contributed by atoms with Gasteiger partial charge in [-0.05, 0) is 19.2 Å². The van der Waals surface area contributed by atoms with E-state index in [1.807, 2.05) is 22.7 Å². The molecule has 3 rings (SSSR count).